The summed E-state index contributed by atoms with van der Waals surface area (Å²) < 4.78 is 5.36. The van der Waals surface area contributed by atoms with Crippen LogP contribution in [0.15, 0.2) is 29.4 Å². The molecule has 158 valence electrons. The molecule has 0 unspecified atom stereocenters. The molecule has 4 aliphatic carbocycles. The number of hydrogen-bond donors (Lipinski definition) is 3. The molecule has 0 aliphatic heterocycles. The zero-order chi connectivity index (χ0) is 20.7. The molecule has 2 aromatic rings. The Morgan fingerprint density at radius 2 is 1.97 bits per heavy atom. The topological polar surface area (TPSA) is 99.6 Å². The molecule has 30 heavy (non-hydrogen) atoms. The fraction of sp³-hybridized carbons (Fsp3) is 0.522. The Labute approximate surface area is 175 Å². The molecule has 4 fully saturated rings. The number of hydrazone groups is 1. The van der Waals surface area contributed by atoms with Crippen molar-refractivity contribution in [2.75, 3.05) is 6.61 Å². The van der Waals surface area contributed by atoms with Gasteiger partial charge in [-0.3, -0.25) is 9.89 Å². The van der Waals surface area contributed by atoms with Gasteiger partial charge in [0.1, 0.15) is 0 Å². The predicted octanol–water partition coefficient (Wildman–Crippen LogP) is 3.75. The first-order chi connectivity index (χ1) is 14.5. The molecule has 1 amide bonds. The number of phenolic OH excluding ortho intramolecular Hbond substituents is 1. The Kier molecular flexibility index (Phi) is 4.76. The van der Waals surface area contributed by atoms with Gasteiger partial charge in [-0.2, -0.15) is 10.2 Å². The summed E-state index contributed by atoms with van der Waals surface area (Å²) in [5.41, 5.74) is 4.94. The number of benzene rings is 1. The highest BCUT2D eigenvalue weighted by Crippen LogP contribution is 2.60. The number of carbonyl (C=O) groups excluding carboxylic acids is 1. The van der Waals surface area contributed by atoms with Crippen LogP contribution in [0.25, 0.3) is 0 Å². The van der Waals surface area contributed by atoms with Crippen molar-refractivity contribution < 1.29 is 14.6 Å². The minimum Gasteiger partial charge on any atom is -0.504 e. The van der Waals surface area contributed by atoms with Crippen molar-refractivity contribution in [2.45, 2.75) is 50.9 Å². The molecule has 4 aliphatic rings. The Morgan fingerprint density at radius 1 is 1.27 bits per heavy atom. The number of rotatable bonds is 6. The molecule has 1 aromatic heterocycles. The van der Waals surface area contributed by atoms with E-state index in [4.69, 9.17) is 4.74 Å². The van der Waals surface area contributed by atoms with Gasteiger partial charge >= 0.3 is 0 Å². The Bertz CT molecular complexity index is 945. The van der Waals surface area contributed by atoms with Gasteiger partial charge in [-0.05, 0) is 93.0 Å². The lowest BCUT2D eigenvalue weighted by Gasteiger charge is -2.56. The van der Waals surface area contributed by atoms with Crippen molar-refractivity contribution >= 4 is 12.1 Å². The van der Waals surface area contributed by atoms with E-state index in [0.29, 0.717) is 23.6 Å². The van der Waals surface area contributed by atoms with Crippen molar-refractivity contribution in [3.63, 3.8) is 0 Å². The summed E-state index contributed by atoms with van der Waals surface area (Å²) in [5.74, 6) is 2.66. The van der Waals surface area contributed by atoms with Crippen LogP contribution in [0, 0.1) is 17.8 Å². The van der Waals surface area contributed by atoms with Crippen LogP contribution in [0.2, 0.25) is 0 Å². The van der Waals surface area contributed by atoms with Crippen molar-refractivity contribution in [3.8, 4) is 11.5 Å². The van der Waals surface area contributed by atoms with Crippen molar-refractivity contribution in [1.29, 1.82) is 0 Å². The largest absolute Gasteiger partial charge is 0.504 e. The maximum absolute atomic E-state index is 12.5. The highest BCUT2D eigenvalue weighted by atomic mass is 16.5. The van der Waals surface area contributed by atoms with E-state index < -0.39 is 0 Å². The van der Waals surface area contributed by atoms with E-state index in [1.165, 1.54) is 44.7 Å². The monoisotopic (exact) mass is 408 g/mol. The van der Waals surface area contributed by atoms with E-state index in [0.717, 1.165) is 23.4 Å². The van der Waals surface area contributed by atoms with Gasteiger partial charge in [0.2, 0.25) is 0 Å². The second kappa shape index (κ2) is 7.45. The Balaban J connectivity index is 1.25. The lowest BCUT2D eigenvalue weighted by Crippen LogP contribution is -2.48. The summed E-state index contributed by atoms with van der Waals surface area (Å²) in [6.07, 6.45) is 9.36. The molecule has 7 nitrogen and oxygen atoms in total. The number of aromatic hydroxyl groups is 1. The standard InChI is InChI=1S/C23H28N4O3/c1-2-30-20-8-14(3-4-19(20)28)13-24-27-22(29)18-9-21(26-25-18)23-10-15-5-16(11-23)7-17(6-15)12-23/h3-4,8-9,13,15-17,28H,2,5-7,10-12H2,1H3,(H,25,26)(H,27,29)/b24-13-. The van der Waals surface area contributed by atoms with Gasteiger partial charge in [0, 0.05) is 11.1 Å². The molecule has 3 N–H and O–H groups in total. The van der Waals surface area contributed by atoms with E-state index in [2.05, 4.69) is 20.7 Å². The first-order valence-electron chi connectivity index (χ1n) is 10.9. The van der Waals surface area contributed by atoms with Crippen LogP contribution in [-0.2, 0) is 5.41 Å². The van der Waals surface area contributed by atoms with Crippen LogP contribution in [0.5, 0.6) is 11.5 Å². The molecule has 1 aromatic carbocycles. The van der Waals surface area contributed by atoms with Crippen molar-refractivity contribution in [1.82, 2.24) is 15.6 Å². The van der Waals surface area contributed by atoms with Crippen LogP contribution in [0.3, 0.4) is 0 Å². The van der Waals surface area contributed by atoms with E-state index in [1.54, 1.807) is 18.2 Å². The minimum atomic E-state index is -0.331. The van der Waals surface area contributed by atoms with Gasteiger partial charge in [0.15, 0.2) is 17.2 Å². The summed E-state index contributed by atoms with van der Waals surface area (Å²) in [6.45, 7) is 2.30. The molecule has 4 saturated carbocycles. The number of amides is 1. The third-order valence-corrected chi connectivity index (χ3v) is 7.08. The van der Waals surface area contributed by atoms with E-state index in [-0.39, 0.29) is 17.1 Å². The smallest absolute Gasteiger partial charge is 0.291 e. The average molecular weight is 409 g/mol. The summed E-state index contributed by atoms with van der Waals surface area (Å²) in [6, 6.07) is 6.84. The molecule has 4 bridgehead atoms. The van der Waals surface area contributed by atoms with Crippen molar-refractivity contribution in [2.24, 2.45) is 22.9 Å². The third kappa shape index (κ3) is 3.46. The summed E-state index contributed by atoms with van der Waals surface area (Å²) in [4.78, 5) is 12.5. The fourth-order valence-corrected chi connectivity index (χ4v) is 6.26. The van der Waals surface area contributed by atoms with Crippen LogP contribution in [0.4, 0.5) is 0 Å². The van der Waals surface area contributed by atoms with Crippen molar-refractivity contribution in [3.05, 3.63) is 41.2 Å². The average Bonchev–Trinajstić information content (AvgIpc) is 3.21. The maximum Gasteiger partial charge on any atom is 0.291 e. The SMILES string of the molecule is CCOc1cc(/C=N\NC(=O)c2cc(C34CC5CC(CC(C5)C3)C4)[nH]n2)ccc1O. The van der Waals surface area contributed by atoms with Gasteiger partial charge < -0.3 is 9.84 Å². The molecule has 0 saturated heterocycles. The Morgan fingerprint density at radius 3 is 2.63 bits per heavy atom. The number of nitrogens with one attached hydrogen (secondary N) is 2. The number of H-pyrrole nitrogens is 1. The number of aromatic nitrogens is 2. The summed E-state index contributed by atoms with van der Waals surface area (Å²) in [7, 11) is 0. The summed E-state index contributed by atoms with van der Waals surface area (Å²) >= 11 is 0. The minimum absolute atomic E-state index is 0.0757. The molecule has 0 atom stereocenters. The lowest BCUT2D eigenvalue weighted by atomic mass is 9.49. The third-order valence-electron chi connectivity index (χ3n) is 7.08. The molecule has 0 spiro atoms. The highest BCUT2D eigenvalue weighted by Gasteiger charge is 2.52. The van der Waals surface area contributed by atoms with E-state index >= 15 is 0 Å². The van der Waals surface area contributed by atoms with Crippen LogP contribution >= 0.6 is 0 Å². The number of phenols is 1. The highest BCUT2D eigenvalue weighted by molar-refractivity contribution is 5.93. The normalized spacial score (nSPS) is 29.4. The fourth-order valence-electron chi connectivity index (χ4n) is 6.26. The van der Waals surface area contributed by atoms with Gasteiger partial charge in [0.05, 0.1) is 12.8 Å². The zero-order valence-corrected chi connectivity index (χ0v) is 17.2. The van der Waals surface area contributed by atoms with Crippen LogP contribution < -0.4 is 10.2 Å². The van der Waals surface area contributed by atoms with E-state index in [1.807, 2.05) is 13.0 Å². The molecular formula is C23H28N4O3. The Hall–Kier alpha value is -2.83. The molecule has 1 heterocycles. The van der Waals surface area contributed by atoms with Crippen LogP contribution in [0.1, 0.15) is 67.2 Å². The molecular weight excluding hydrogens is 380 g/mol. The maximum atomic E-state index is 12.5. The first kappa shape index (κ1) is 19.2. The van der Waals surface area contributed by atoms with Gasteiger partial charge in [-0.25, -0.2) is 5.43 Å². The molecule has 0 radical (unpaired) electrons. The van der Waals surface area contributed by atoms with Gasteiger partial charge in [-0.1, -0.05) is 0 Å². The first-order valence-corrected chi connectivity index (χ1v) is 10.9. The molecule has 7 heteroatoms. The molecule has 6 rings (SSSR count). The second-order valence-electron chi connectivity index (χ2n) is 9.22. The summed E-state index contributed by atoms with van der Waals surface area (Å²) in [5, 5.41) is 21.3. The number of ether oxygens (including phenoxy) is 1. The second-order valence-corrected chi connectivity index (χ2v) is 9.22. The van der Waals surface area contributed by atoms with Gasteiger partial charge in [0.25, 0.3) is 5.91 Å². The number of carbonyl (C=O) groups is 1. The van der Waals surface area contributed by atoms with Crippen LogP contribution in [-0.4, -0.2) is 34.0 Å². The van der Waals surface area contributed by atoms with E-state index in [9.17, 15) is 9.90 Å². The quantitative estimate of drug-likeness (QED) is 0.501. The zero-order valence-electron chi connectivity index (χ0n) is 17.2. The number of hydrogen-bond acceptors (Lipinski definition) is 5. The van der Waals surface area contributed by atoms with Gasteiger partial charge in [-0.15, -0.1) is 0 Å². The predicted molar refractivity (Wildman–Crippen MR) is 113 cm³/mol. The number of aromatic amines is 1. The lowest BCUT2D eigenvalue weighted by molar-refractivity contribution is -0.00721. The number of nitrogens with zero attached hydrogens (tertiary/aromatic N) is 2.